The highest BCUT2D eigenvalue weighted by molar-refractivity contribution is 6.13. The van der Waals surface area contributed by atoms with Crippen LogP contribution in [0.25, 0.3) is 106 Å². The summed E-state index contributed by atoms with van der Waals surface area (Å²) in [7, 11) is 0. The van der Waals surface area contributed by atoms with E-state index in [-0.39, 0.29) is 0 Å². The van der Waals surface area contributed by atoms with E-state index < -0.39 is 0 Å². The van der Waals surface area contributed by atoms with Gasteiger partial charge in [0, 0.05) is 49.5 Å². The Morgan fingerprint density at radius 2 is 0.857 bits per heavy atom. The van der Waals surface area contributed by atoms with Gasteiger partial charge in [-0.3, -0.25) is 0 Å². The van der Waals surface area contributed by atoms with Gasteiger partial charge in [0.05, 0.1) is 11.0 Å². The molecule has 5 nitrogen and oxygen atoms in total. The minimum atomic E-state index is 0.585. The lowest BCUT2D eigenvalue weighted by atomic mass is 9.97. The van der Waals surface area contributed by atoms with E-state index in [0.29, 0.717) is 17.5 Å². The molecule has 0 radical (unpaired) electrons. The Balaban J connectivity index is 1.15. The molecule has 0 aliphatic rings. The van der Waals surface area contributed by atoms with Crippen LogP contribution < -0.4 is 0 Å². The highest BCUT2D eigenvalue weighted by Gasteiger charge is 2.20. The van der Waals surface area contributed by atoms with Gasteiger partial charge in [0.1, 0.15) is 11.2 Å². The van der Waals surface area contributed by atoms with Gasteiger partial charge in [0.2, 0.25) is 0 Å². The van der Waals surface area contributed by atoms with Crippen molar-refractivity contribution in [3.05, 3.63) is 194 Å². The Morgan fingerprint density at radius 3 is 1.48 bits per heavy atom. The molecular weight excluding hydrogens is 685 g/mol. The number of para-hydroxylation sites is 2. The average molecular weight is 717 g/mol. The van der Waals surface area contributed by atoms with E-state index in [1.807, 2.05) is 60.7 Å². The fraction of sp³-hybridized carbons (Fsp3) is 0. The largest absolute Gasteiger partial charge is 0.455 e. The summed E-state index contributed by atoms with van der Waals surface area (Å²) in [5.41, 5.74) is 12.1. The molecule has 0 bridgehead atoms. The lowest BCUT2D eigenvalue weighted by molar-refractivity contribution is 0.670. The number of hydrogen-bond donors (Lipinski definition) is 0. The molecule has 0 saturated heterocycles. The first-order valence-electron chi connectivity index (χ1n) is 18.8. The molecule has 8 aromatic carbocycles. The molecule has 0 fully saturated rings. The molecule has 56 heavy (non-hydrogen) atoms. The molecule has 0 spiro atoms. The summed E-state index contributed by atoms with van der Waals surface area (Å²) in [6, 6.07) is 67.5. The summed E-state index contributed by atoms with van der Waals surface area (Å²) in [6.45, 7) is 0. The second-order valence-corrected chi connectivity index (χ2v) is 14.0. The Hall–Kier alpha value is -7.63. The monoisotopic (exact) mass is 716 g/mol. The average Bonchev–Trinajstić information content (AvgIpc) is 3.82. The van der Waals surface area contributed by atoms with Gasteiger partial charge in [-0.1, -0.05) is 152 Å². The van der Waals surface area contributed by atoms with Crippen LogP contribution in [-0.4, -0.2) is 19.5 Å². The molecule has 0 saturated carbocycles. The maximum absolute atomic E-state index is 6.94. The molecule has 0 amide bonds. The van der Waals surface area contributed by atoms with Crippen molar-refractivity contribution in [1.29, 1.82) is 0 Å². The van der Waals surface area contributed by atoms with Crippen molar-refractivity contribution in [2.24, 2.45) is 0 Å². The number of rotatable bonds is 6. The molecule has 0 atom stereocenters. The fourth-order valence-corrected chi connectivity index (χ4v) is 7.98. The number of hydrogen-bond acceptors (Lipinski definition) is 4. The van der Waals surface area contributed by atoms with Gasteiger partial charge in [-0.05, 0) is 59.2 Å². The van der Waals surface area contributed by atoms with E-state index in [4.69, 9.17) is 19.4 Å². The quantitative estimate of drug-likeness (QED) is 0.172. The highest BCUT2D eigenvalue weighted by atomic mass is 16.3. The van der Waals surface area contributed by atoms with Crippen LogP contribution in [0.5, 0.6) is 0 Å². The zero-order valence-corrected chi connectivity index (χ0v) is 30.2. The van der Waals surface area contributed by atoms with Gasteiger partial charge in [-0.2, -0.15) is 0 Å². The van der Waals surface area contributed by atoms with Crippen molar-refractivity contribution in [2.45, 2.75) is 0 Å². The third kappa shape index (κ3) is 5.37. The Kier molecular flexibility index (Phi) is 7.42. The highest BCUT2D eigenvalue weighted by Crippen LogP contribution is 2.42. The van der Waals surface area contributed by atoms with Crippen molar-refractivity contribution in [3.8, 4) is 62.1 Å². The number of fused-ring (bicyclic) bond motifs is 6. The third-order valence-electron chi connectivity index (χ3n) is 10.6. The van der Waals surface area contributed by atoms with E-state index in [0.717, 1.165) is 72.0 Å². The molecule has 262 valence electrons. The van der Waals surface area contributed by atoms with Crippen LogP contribution in [-0.2, 0) is 0 Å². The normalized spacial score (nSPS) is 11.6. The summed E-state index contributed by atoms with van der Waals surface area (Å²) in [5, 5.41) is 4.50. The van der Waals surface area contributed by atoms with E-state index in [2.05, 4.69) is 138 Å². The maximum atomic E-state index is 6.94. The molecule has 11 aromatic rings. The van der Waals surface area contributed by atoms with Gasteiger partial charge in [-0.15, -0.1) is 0 Å². The standard InChI is InChI=1S/C51H32N4O/c1-4-15-33(16-5-1)36-21-14-22-37(29-36)43-31-39(55-45-25-12-10-23-40(45)41-24-11-13-26-46(41)55)32-44-42-28-27-38(30-47(42)56-48(43)44)51-53-49(34-17-6-2-7-18-34)52-50(54-51)35-19-8-3-9-20-35/h1-32H. The van der Waals surface area contributed by atoms with Crippen LogP contribution in [0.15, 0.2) is 199 Å². The summed E-state index contributed by atoms with van der Waals surface area (Å²) in [5.74, 6) is 1.83. The van der Waals surface area contributed by atoms with Gasteiger partial charge < -0.3 is 8.98 Å². The predicted molar refractivity (Wildman–Crippen MR) is 229 cm³/mol. The molecule has 0 N–H and O–H groups in total. The number of nitrogens with zero attached hydrogens (tertiary/aromatic N) is 4. The van der Waals surface area contributed by atoms with Crippen molar-refractivity contribution in [3.63, 3.8) is 0 Å². The maximum Gasteiger partial charge on any atom is 0.164 e. The number of benzene rings is 8. The topological polar surface area (TPSA) is 56.7 Å². The van der Waals surface area contributed by atoms with E-state index in [1.54, 1.807) is 0 Å². The Bertz CT molecular complexity index is 3130. The molecule has 11 rings (SSSR count). The van der Waals surface area contributed by atoms with Crippen LogP contribution in [0.4, 0.5) is 0 Å². The minimum absolute atomic E-state index is 0.585. The summed E-state index contributed by atoms with van der Waals surface area (Å²) < 4.78 is 9.32. The first-order chi connectivity index (χ1) is 27.7. The molecule has 5 heteroatoms. The van der Waals surface area contributed by atoms with Gasteiger partial charge in [0.25, 0.3) is 0 Å². The van der Waals surface area contributed by atoms with Gasteiger partial charge in [0.15, 0.2) is 17.5 Å². The fourth-order valence-electron chi connectivity index (χ4n) is 7.98. The van der Waals surface area contributed by atoms with Gasteiger partial charge in [-0.25, -0.2) is 15.0 Å². The Morgan fingerprint density at radius 1 is 0.339 bits per heavy atom. The molecule has 0 aliphatic carbocycles. The van der Waals surface area contributed by atoms with Crippen molar-refractivity contribution in [1.82, 2.24) is 19.5 Å². The number of aromatic nitrogens is 4. The predicted octanol–water partition coefficient (Wildman–Crippen LogP) is 13.2. The van der Waals surface area contributed by atoms with Crippen LogP contribution in [0, 0.1) is 0 Å². The lowest BCUT2D eigenvalue weighted by Crippen LogP contribution is -2.00. The van der Waals surface area contributed by atoms with Gasteiger partial charge >= 0.3 is 0 Å². The molecule has 3 aromatic heterocycles. The molecule has 0 aliphatic heterocycles. The molecular formula is C51H32N4O. The van der Waals surface area contributed by atoms with E-state index in [9.17, 15) is 0 Å². The van der Waals surface area contributed by atoms with Crippen molar-refractivity contribution < 1.29 is 4.42 Å². The second kappa shape index (κ2) is 13.0. The van der Waals surface area contributed by atoms with Crippen LogP contribution >= 0.6 is 0 Å². The SMILES string of the molecule is c1ccc(-c2cccc(-c3cc(-n4c5ccccc5c5ccccc54)cc4c3oc3cc(-c5nc(-c6ccccc6)nc(-c6ccccc6)n5)ccc34)c2)cc1. The van der Waals surface area contributed by atoms with Crippen LogP contribution in [0.2, 0.25) is 0 Å². The smallest absolute Gasteiger partial charge is 0.164 e. The summed E-state index contributed by atoms with van der Waals surface area (Å²) in [6.07, 6.45) is 0. The van der Waals surface area contributed by atoms with Crippen molar-refractivity contribution >= 4 is 43.7 Å². The third-order valence-corrected chi connectivity index (χ3v) is 10.6. The summed E-state index contributed by atoms with van der Waals surface area (Å²) in [4.78, 5) is 14.9. The molecule has 0 unspecified atom stereocenters. The Labute approximate surface area is 322 Å². The van der Waals surface area contributed by atoms with E-state index in [1.165, 1.54) is 16.3 Å². The zero-order valence-electron chi connectivity index (χ0n) is 30.2. The first-order valence-corrected chi connectivity index (χ1v) is 18.8. The van der Waals surface area contributed by atoms with Crippen molar-refractivity contribution in [2.75, 3.05) is 0 Å². The number of furan rings is 1. The van der Waals surface area contributed by atoms with Crippen LogP contribution in [0.1, 0.15) is 0 Å². The summed E-state index contributed by atoms with van der Waals surface area (Å²) >= 11 is 0. The first kappa shape index (κ1) is 31.9. The van der Waals surface area contributed by atoms with E-state index >= 15 is 0 Å². The molecule has 3 heterocycles. The second-order valence-electron chi connectivity index (χ2n) is 14.0. The minimum Gasteiger partial charge on any atom is -0.455 e. The van der Waals surface area contributed by atoms with Crippen LogP contribution in [0.3, 0.4) is 0 Å². The zero-order chi connectivity index (χ0) is 37.0. The lowest BCUT2D eigenvalue weighted by Gasteiger charge is -2.12.